The molecule has 14 heteroatoms. The van der Waals surface area contributed by atoms with E-state index in [9.17, 15) is 23.4 Å². The Kier molecular flexibility index (Phi) is 14.1. The molecule has 1 aromatic rings. The van der Waals surface area contributed by atoms with Crippen LogP contribution >= 0.6 is 0 Å². The van der Waals surface area contributed by atoms with Gasteiger partial charge in [-0.1, -0.05) is 52.8 Å². The first-order chi connectivity index (χ1) is 21.1. The number of carbonyl (C=O) groups is 4. The van der Waals surface area contributed by atoms with Crippen LogP contribution < -0.4 is 26.4 Å². The standard InChI is InChI=1S/C31H48N8O5S/c1-8-22-21(6)18-39(30(22)42)31(43)37-15-13-35-12-14-36-29(41)26(34-7)17-27(32)45(33,44)38-28(40)16-25-23(19(2)3)10-9-11-24(25)20(4)5/h9-11,17,19-20,32,34-35H,8,12-16,18H2,1-7H3,(H,36,41)(H,37,43)(H2,33,38,40,44)/b26-17-,32-27?. The minimum atomic E-state index is -3.91. The van der Waals surface area contributed by atoms with Gasteiger partial charge in [-0.05, 0) is 47.4 Å². The highest BCUT2D eigenvalue weighted by atomic mass is 32.2. The Morgan fingerprint density at radius 2 is 1.64 bits per heavy atom. The zero-order valence-electron chi connectivity index (χ0n) is 27.3. The van der Waals surface area contributed by atoms with Gasteiger partial charge in [0.15, 0.2) is 9.92 Å². The van der Waals surface area contributed by atoms with E-state index in [2.05, 4.69) is 25.6 Å². The van der Waals surface area contributed by atoms with Crippen LogP contribution in [-0.4, -0.2) is 77.7 Å². The molecule has 0 saturated carbocycles. The maximum absolute atomic E-state index is 13.1. The van der Waals surface area contributed by atoms with Crippen LogP contribution in [0.5, 0.6) is 0 Å². The Hall–Kier alpha value is -3.88. The van der Waals surface area contributed by atoms with Crippen molar-refractivity contribution in [3.63, 3.8) is 0 Å². The summed E-state index contributed by atoms with van der Waals surface area (Å²) in [4.78, 5) is 51.3. The van der Waals surface area contributed by atoms with E-state index < -0.39 is 32.8 Å². The second kappa shape index (κ2) is 17.0. The number of amides is 5. The van der Waals surface area contributed by atoms with Crippen molar-refractivity contribution in [2.75, 3.05) is 39.8 Å². The maximum atomic E-state index is 13.1. The Balaban J connectivity index is 1.89. The van der Waals surface area contributed by atoms with Gasteiger partial charge in [-0.15, -0.1) is 4.36 Å². The van der Waals surface area contributed by atoms with Crippen molar-refractivity contribution in [2.45, 2.75) is 66.2 Å². The highest BCUT2D eigenvalue weighted by Crippen LogP contribution is 2.28. The first-order valence-corrected chi connectivity index (χ1v) is 16.7. The SMILES string of the molecule is CCC1=C(C)CN(C(=O)NCCNCCNC(=O)/C(=C/C(=N)S(N)(=O)=NC(=O)Cc2c(C(C)C)cccc2C(C)C)NC)C1=O. The molecule has 1 aliphatic rings. The summed E-state index contributed by atoms with van der Waals surface area (Å²) >= 11 is 0. The summed E-state index contributed by atoms with van der Waals surface area (Å²) in [5.41, 5.74) is 4.30. The highest BCUT2D eigenvalue weighted by Gasteiger charge is 2.31. The van der Waals surface area contributed by atoms with Gasteiger partial charge >= 0.3 is 6.03 Å². The number of hydrogen-bond donors (Lipinski definition) is 6. The van der Waals surface area contributed by atoms with Gasteiger partial charge < -0.3 is 21.3 Å². The van der Waals surface area contributed by atoms with Crippen molar-refractivity contribution >= 4 is 38.7 Å². The van der Waals surface area contributed by atoms with E-state index in [1.807, 2.05) is 59.7 Å². The lowest BCUT2D eigenvalue weighted by atomic mass is 9.87. The van der Waals surface area contributed by atoms with E-state index in [1.54, 1.807) is 0 Å². The van der Waals surface area contributed by atoms with E-state index in [0.29, 0.717) is 31.6 Å². The third-order valence-corrected chi connectivity index (χ3v) is 8.56. The lowest BCUT2D eigenvalue weighted by Crippen LogP contribution is -2.44. The molecular formula is C31H48N8O5S. The normalized spacial score (nSPS) is 14.9. The molecule has 1 aliphatic heterocycles. The third kappa shape index (κ3) is 10.3. The molecule has 1 unspecified atom stereocenters. The molecular weight excluding hydrogens is 596 g/mol. The summed E-state index contributed by atoms with van der Waals surface area (Å²) in [6.45, 7) is 13.4. The molecule has 0 bridgehead atoms. The number of nitrogens with zero attached hydrogens (tertiary/aromatic N) is 2. The molecule has 0 saturated heterocycles. The number of carbonyl (C=O) groups excluding carboxylic acids is 4. The van der Waals surface area contributed by atoms with E-state index in [4.69, 9.17) is 10.5 Å². The number of urea groups is 1. The fraction of sp³-hybridized carbons (Fsp3) is 0.516. The summed E-state index contributed by atoms with van der Waals surface area (Å²) in [5, 5.41) is 24.5. The molecule has 0 fully saturated rings. The summed E-state index contributed by atoms with van der Waals surface area (Å²) in [6.07, 6.45) is 1.48. The van der Waals surface area contributed by atoms with Gasteiger partial charge in [-0.2, -0.15) is 0 Å². The molecule has 248 valence electrons. The van der Waals surface area contributed by atoms with Crippen LogP contribution in [0.25, 0.3) is 0 Å². The number of imide groups is 1. The zero-order valence-corrected chi connectivity index (χ0v) is 28.2. The molecule has 5 amide bonds. The van der Waals surface area contributed by atoms with Crippen molar-refractivity contribution < 1.29 is 23.4 Å². The quantitative estimate of drug-likeness (QED) is 0.0773. The molecule has 0 spiro atoms. The minimum Gasteiger partial charge on any atom is -0.384 e. The molecule has 45 heavy (non-hydrogen) atoms. The average Bonchev–Trinajstić information content (AvgIpc) is 3.26. The summed E-state index contributed by atoms with van der Waals surface area (Å²) < 4.78 is 16.7. The second-order valence-electron chi connectivity index (χ2n) is 11.4. The van der Waals surface area contributed by atoms with Crippen molar-refractivity contribution in [1.29, 1.82) is 5.41 Å². The molecule has 1 aromatic carbocycles. The molecule has 0 aromatic heterocycles. The van der Waals surface area contributed by atoms with Crippen molar-refractivity contribution in [1.82, 2.24) is 26.2 Å². The molecule has 1 atom stereocenters. The average molecular weight is 645 g/mol. The summed E-state index contributed by atoms with van der Waals surface area (Å²) in [5.74, 6) is -1.23. The van der Waals surface area contributed by atoms with Crippen molar-refractivity contribution in [2.24, 2.45) is 9.50 Å². The molecule has 7 N–H and O–H groups in total. The first-order valence-electron chi connectivity index (χ1n) is 15.1. The van der Waals surface area contributed by atoms with Crippen LogP contribution in [0.4, 0.5) is 4.79 Å². The number of benzene rings is 1. The van der Waals surface area contributed by atoms with Crippen LogP contribution in [0.1, 0.15) is 76.5 Å². The fourth-order valence-corrected chi connectivity index (χ4v) is 5.72. The molecule has 13 nitrogen and oxygen atoms in total. The summed E-state index contributed by atoms with van der Waals surface area (Å²) in [6, 6.07) is 5.40. The Morgan fingerprint density at radius 1 is 1.07 bits per heavy atom. The number of likely N-dealkylation sites (N-methyl/N-ethyl adjacent to an activating group) is 1. The number of rotatable bonds is 14. The van der Waals surface area contributed by atoms with Crippen LogP contribution in [0.3, 0.4) is 0 Å². The fourth-order valence-electron chi connectivity index (χ4n) is 4.96. The van der Waals surface area contributed by atoms with Gasteiger partial charge in [0.1, 0.15) is 10.7 Å². The third-order valence-electron chi connectivity index (χ3n) is 7.34. The smallest absolute Gasteiger partial charge is 0.324 e. The van der Waals surface area contributed by atoms with Crippen LogP contribution in [-0.2, 0) is 30.7 Å². The van der Waals surface area contributed by atoms with E-state index in [1.165, 1.54) is 11.9 Å². The van der Waals surface area contributed by atoms with Crippen LogP contribution in [0, 0.1) is 5.41 Å². The Morgan fingerprint density at radius 3 is 2.16 bits per heavy atom. The number of hydrogen-bond acceptors (Lipinski definition) is 8. The molecule has 2 rings (SSSR count). The van der Waals surface area contributed by atoms with Gasteiger partial charge in [0.25, 0.3) is 17.7 Å². The molecule has 1 heterocycles. The maximum Gasteiger partial charge on any atom is 0.324 e. The lowest BCUT2D eigenvalue weighted by molar-refractivity contribution is -0.123. The van der Waals surface area contributed by atoms with Crippen molar-refractivity contribution in [3.8, 4) is 0 Å². The van der Waals surface area contributed by atoms with E-state index >= 15 is 0 Å². The summed E-state index contributed by atoms with van der Waals surface area (Å²) in [7, 11) is -2.45. The molecule has 0 aliphatic carbocycles. The number of nitrogens with one attached hydrogen (secondary N) is 5. The first kappa shape index (κ1) is 37.3. The van der Waals surface area contributed by atoms with E-state index in [-0.39, 0.29) is 43.0 Å². The predicted octanol–water partition coefficient (Wildman–Crippen LogP) is 2.41. The monoisotopic (exact) mass is 644 g/mol. The highest BCUT2D eigenvalue weighted by molar-refractivity contribution is 8.06. The van der Waals surface area contributed by atoms with Gasteiger partial charge in [-0.25, -0.2) is 14.1 Å². The topological polar surface area (TPSA) is 199 Å². The lowest BCUT2D eigenvalue weighted by Gasteiger charge is -2.18. The van der Waals surface area contributed by atoms with E-state index in [0.717, 1.165) is 28.3 Å². The molecule has 0 radical (unpaired) electrons. The Bertz CT molecular complexity index is 1460. The van der Waals surface area contributed by atoms with Gasteiger partial charge in [0.2, 0.25) is 0 Å². The largest absolute Gasteiger partial charge is 0.384 e. The minimum absolute atomic E-state index is 0.0778. The Labute approximate surface area is 266 Å². The van der Waals surface area contributed by atoms with Crippen molar-refractivity contribution in [3.05, 3.63) is 57.8 Å². The van der Waals surface area contributed by atoms with Crippen LogP contribution in [0.15, 0.2) is 45.5 Å². The van der Waals surface area contributed by atoms with Gasteiger partial charge in [-0.3, -0.25) is 24.7 Å². The number of nitrogens with two attached hydrogens (primary N) is 1. The van der Waals surface area contributed by atoms with Gasteiger partial charge in [0, 0.05) is 44.9 Å². The zero-order chi connectivity index (χ0) is 33.9. The predicted molar refractivity (Wildman–Crippen MR) is 177 cm³/mol. The van der Waals surface area contributed by atoms with Gasteiger partial charge in [0.05, 0.1) is 13.0 Å². The second-order valence-corrected chi connectivity index (χ2v) is 13.1. The van der Waals surface area contributed by atoms with Crippen LogP contribution in [0.2, 0.25) is 0 Å².